The summed E-state index contributed by atoms with van der Waals surface area (Å²) in [5.74, 6) is -1.71. The molecule has 0 aliphatic heterocycles. The van der Waals surface area contributed by atoms with Gasteiger partial charge >= 0.3 is 0 Å². The molecule has 84 valence electrons. The van der Waals surface area contributed by atoms with E-state index in [9.17, 15) is 8.78 Å². The lowest BCUT2D eigenvalue weighted by atomic mass is 10.0. The monoisotopic (exact) mass is 239 g/mol. The zero-order chi connectivity index (χ0) is 11.7. The van der Waals surface area contributed by atoms with Crippen LogP contribution in [0.1, 0.15) is 22.0 Å². The summed E-state index contributed by atoms with van der Waals surface area (Å²) >= 11 is 1.59. The Kier molecular flexibility index (Phi) is 3.03. The summed E-state index contributed by atoms with van der Waals surface area (Å²) in [5, 5.41) is 1.93. The molecule has 1 nitrogen and oxygen atoms in total. The largest absolute Gasteiger partial charge is 0.320 e. The van der Waals surface area contributed by atoms with Crippen molar-refractivity contribution in [1.29, 1.82) is 0 Å². The van der Waals surface area contributed by atoms with Crippen molar-refractivity contribution in [1.82, 2.24) is 0 Å². The van der Waals surface area contributed by atoms with Crippen molar-refractivity contribution in [2.45, 2.75) is 13.0 Å². The number of hydrogen-bond acceptors (Lipinski definition) is 2. The number of thiophene rings is 1. The van der Waals surface area contributed by atoms with E-state index in [2.05, 4.69) is 0 Å². The van der Waals surface area contributed by atoms with Crippen LogP contribution in [-0.4, -0.2) is 0 Å². The lowest BCUT2D eigenvalue weighted by Crippen LogP contribution is -2.12. The van der Waals surface area contributed by atoms with Crippen molar-refractivity contribution in [3.8, 4) is 0 Å². The maximum atomic E-state index is 13.1. The van der Waals surface area contributed by atoms with Gasteiger partial charge in [0.2, 0.25) is 0 Å². The van der Waals surface area contributed by atoms with E-state index in [1.807, 2.05) is 18.4 Å². The maximum absolute atomic E-state index is 13.1. The van der Waals surface area contributed by atoms with Crippen LogP contribution in [0.15, 0.2) is 29.6 Å². The average Bonchev–Trinajstić information content (AvgIpc) is 2.67. The number of halogens is 2. The molecule has 1 unspecified atom stereocenters. The quantitative estimate of drug-likeness (QED) is 0.854. The van der Waals surface area contributed by atoms with Gasteiger partial charge in [-0.1, -0.05) is 6.07 Å². The van der Waals surface area contributed by atoms with E-state index in [0.29, 0.717) is 5.56 Å². The van der Waals surface area contributed by atoms with E-state index in [1.165, 1.54) is 6.07 Å². The summed E-state index contributed by atoms with van der Waals surface area (Å²) in [6.07, 6.45) is 0. The molecule has 0 spiro atoms. The molecule has 0 fully saturated rings. The number of benzene rings is 1. The fraction of sp³-hybridized carbons (Fsp3) is 0.167. The number of hydrogen-bond donors (Lipinski definition) is 1. The fourth-order valence-corrected chi connectivity index (χ4v) is 2.35. The van der Waals surface area contributed by atoms with E-state index in [1.54, 1.807) is 11.3 Å². The molecule has 1 aromatic heterocycles. The molecule has 2 N–H and O–H groups in total. The molecule has 1 atom stereocenters. The smallest absolute Gasteiger partial charge is 0.159 e. The third-order valence-corrected chi connectivity index (χ3v) is 3.40. The molecule has 0 radical (unpaired) electrons. The summed E-state index contributed by atoms with van der Waals surface area (Å²) in [7, 11) is 0. The molecule has 0 amide bonds. The molecule has 1 aromatic carbocycles. The molecule has 2 aromatic rings. The Morgan fingerprint density at radius 1 is 1.19 bits per heavy atom. The van der Waals surface area contributed by atoms with Gasteiger partial charge in [0.25, 0.3) is 0 Å². The highest BCUT2D eigenvalue weighted by Crippen LogP contribution is 2.26. The van der Waals surface area contributed by atoms with Crippen molar-refractivity contribution >= 4 is 11.3 Å². The Morgan fingerprint density at radius 2 is 1.94 bits per heavy atom. The normalized spacial score (nSPS) is 12.8. The molecule has 0 saturated heterocycles. The molecular formula is C12H11F2NS. The van der Waals surface area contributed by atoms with Gasteiger partial charge in [-0.05, 0) is 41.6 Å². The Bertz CT molecular complexity index is 507. The minimum absolute atomic E-state index is 0.402. The van der Waals surface area contributed by atoms with Gasteiger partial charge in [0.1, 0.15) is 0 Å². The highest BCUT2D eigenvalue weighted by molar-refractivity contribution is 7.10. The molecule has 0 aliphatic rings. The maximum Gasteiger partial charge on any atom is 0.159 e. The Hall–Kier alpha value is -1.26. The van der Waals surface area contributed by atoms with Crippen LogP contribution in [0, 0.1) is 18.6 Å². The molecule has 2 rings (SSSR count). The highest BCUT2D eigenvalue weighted by atomic mass is 32.1. The van der Waals surface area contributed by atoms with Crippen molar-refractivity contribution in [2.24, 2.45) is 5.73 Å². The number of aryl methyl sites for hydroxylation is 1. The van der Waals surface area contributed by atoms with Crippen molar-refractivity contribution in [3.63, 3.8) is 0 Å². The first-order valence-corrected chi connectivity index (χ1v) is 5.72. The van der Waals surface area contributed by atoms with Crippen LogP contribution in [0.25, 0.3) is 0 Å². The Labute approximate surface area is 96.5 Å². The van der Waals surface area contributed by atoms with Crippen molar-refractivity contribution < 1.29 is 8.78 Å². The van der Waals surface area contributed by atoms with Crippen molar-refractivity contribution in [3.05, 3.63) is 57.3 Å². The Balaban J connectivity index is 2.38. The predicted octanol–water partition coefficient (Wildman–Crippen LogP) is 3.38. The van der Waals surface area contributed by atoms with Crippen LogP contribution < -0.4 is 5.73 Å². The Morgan fingerprint density at radius 3 is 2.50 bits per heavy atom. The SMILES string of the molecule is Cc1sccc1C(N)c1ccc(F)c(F)c1. The minimum atomic E-state index is -0.860. The number of rotatable bonds is 2. The van der Waals surface area contributed by atoms with Crippen LogP contribution in [0.4, 0.5) is 8.78 Å². The van der Waals surface area contributed by atoms with Crippen molar-refractivity contribution in [2.75, 3.05) is 0 Å². The van der Waals surface area contributed by atoms with E-state index in [4.69, 9.17) is 5.73 Å². The molecular weight excluding hydrogens is 228 g/mol. The van der Waals surface area contributed by atoms with Gasteiger partial charge in [0, 0.05) is 4.88 Å². The second kappa shape index (κ2) is 4.31. The van der Waals surface area contributed by atoms with Crippen LogP contribution in [0.5, 0.6) is 0 Å². The van der Waals surface area contributed by atoms with Gasteiger partial charge in [-0.15, -0.1) is 11.3 Å². The van der Waals surface area contributed by atoms with Crippen LogP contribution in [0.2, 0.25) is 0 Å². The molecule has 1 heterocycles. The first kappa shape index (κ1) is 11.2. The predicted molar refractivity (Wildman–Crippen MR) is 61.4 cm³/mol. The minimum Gasteiger partial charge on any atom is -0.320 e. The summed E-state index contributed by atoms with van der Waals surface area (Å²) in [6, 6.07) is 5.27. The van der Waals surface area contributed by atoms with Gasteiger partial charge in [-0.25, -0.2) is 8.78 Å². The fourth-order valence-electron chi connectivity index (χ4n) is 1.60. The lowest BCUT2D eigenvalue weighted by molar-refractivity contribution is 0.506. The van der Waals surface area contributed by atoms with Crippen LogP contribution in [-0.2, 0) is 0 Å². The average molecular weight is 239 g/mol. The second-order valence-corrected chi connectivity index (χ2v) is 4.70. The second-order valence-electron chi connectivity index (χ2n) is 3.58. The van der Waals surface area contributed by atoms with Crippen LogP contribution >= 0.6 is 11.3 Å². The third-order valence-electron chi connectivity index (χ3n) is 2.54. The molecule has 0 bridgehead atoms. The van der Waals surface area contributed by atoms with Gasteiger partial charge < -0.3 is 5.73 Å². The van der Waals surface area contributed by atoms with Gasteiger partial charge in [0.15, 0.2) is 11.6 Å². The standard InChI is InChI=1S/C12H11F2NS/c1-7-9(4-5-16-7)12(15)8-2-3-10(13)11(14)6-8/h2-6,12H,15H2,1H3. The van der Waals surface area contributed by atoms with Crippen LogP contribution in [0.3, 0.4) is 0 Å². The van der Waals surface area contributed by atoms with Gasteiger partial charge in [-0.3, -0.25) is 0 Å². The van der Waals surface area contributed by atoms with E-state index >= 15 is 0 Å². The summed E-state index contributed by atoms with van der Waals surface area (Å²) in [4.78, 5) is 1.09. The first-order valence-electron chi connectivity index (χ1n) is 4.84. The van der Waals surface area contributed by atoms with E-state index in [-0.39, 0.29) is 0 Å². The summed E-state index contributed by atoms with van der Waals surface area (Å²) in [6.45, 7) is 1.96. The number of nitrogens with two attached hydrogens (primary N) is 1. The summed E-state index contributed by atoms with van der Waals surface area (Å²) in [5.41, 5.74) is 7.54. The molecule has 4 heteroatoms. The van der Waals surface area contributed by atoms with Gasteiger partial charge in [-0.2, -0.15) is 0 Å². The molecule has 0 aliphatic carbocycles. The molecule has 0 saturated carbocycles. The lowest BCUT2D eigenvalue weighted by Gasteiger charge is -2.12. The highest BCUT2D eigenvalue weighted by Gasteiger charge is 2.14. The third kappa shape index (κ3) is 1.99. The zero-order valence-electron chi connectivity index (χ0n) is 8.71. The summed E-state index contributed by atoms with van der Waals surface area (Å²) < 4.78 is 25.8. The topological polar surface area (TPSA) is 26.0 Å². The molecule has 16 heavy (non-hydrogen) atoms. The zero-order valence-corrected chi connectivity index (χ0v) is 9.52. The van der Waals surface area contributed by atoms with E-state index < -0.39 is 17.7 Å². The van der Waals surface area contributed by atoms with E-state index in [0.717, 1.165) is 22.6 Å². The van der Waals surface area contributed by atoms with Gasteiger partial charge in [0.05, 0.1) is 6.04 Å². The first-order chi connectivity index (χ1) is 7.59.